The molecule has 3 N–H and O–H groups in total. The maximum absolute atomic E-state index is 12.7. The SMILES string of the molecule is C[C@@H](CN)NC(=O)C1(c2cccc(Br)c2)CCCC1. The van der Waals surface area contributed by atoms with Gasteiger partial charge in [0.15, 0.2) is 0 Å². The normalized spacial score (nSPS) is 19.1. The Bertz CT molecular complexity index is 455. The number of halogens is 1. The minimum atomic E-state index is -0.368. The van der Waals surface area contributed by atoms with Gasteiger partial charge in [0.1, 0.15) is 0 Å². The molecule has 1 atom stereocenters. The molecule has 1 aromatic carbocycles. The first kappa shape index (κ1) is 14.5. The summed E-state index contributed by atoms with van der Waals surface area (Å²) in [6, 6.07) is 8.14. The Morgan fingerprint density at radius 1 is 1.47 bits per heavy atom. The fraction of sp³-hybridized carbons (Fsp3) is 0.533. The lowest BCUT2D eigenvalue weighted by molar-refractivity contribution is -0.127. The summed E-state index contributed by atoms with van der Waals surface area (Å²) in [5.74, 6) is 0.126. The van der Waals surface area contributed by atoms with E-state index in [4.69, 9.17) is 5.73 Å². The Hall–Kier alpha value is -0.870. The molecule has 0 unspecified atom stereocenters. The summed E-state index contributed by atoms with van der Waals surface area (Å²) in [6.07, 6.45) is 4.06. The number of hydrogen-bond donors (Lipinski definition) is 2. The molecule has 1 saturated carbocycles. The van der Waals surface area contributed by atoms with Crippen molar-refractivity contribution in [2.24, 2.45) is 5.73 Å². The van der Waals surface area contributed by atoms with Crippen LogP contribution < -0.4 is 11.1 Å². The summed E-state index contributed by atoms with van der Waals surface area (Å²) in [7, 11) is 0. The van der Waals surface area contributed by atoms with E-state index in [-0.39, 0.29) is 17.4 Å². The van der Waals surface area contributed by atoms with Gasteiger partial charge in [-0.1, -0.05) is 40.9 Å². The molecule has 104 valence electrons. The number of carbonyl (C=O) groups excluding carboxylic acids is 1. The minimum absolute atomic E-state index is 0.0251. The highest BCUT2D eigenvalue weighted by molar-refractivity contribution is 9.10. The molecular weight excluding hydrogens is 304 g/mol. The van der Waals surface area contributed by atoms with Gasteiger partial charge in [-0.3, -0.25) is 4.79 Å². The van der Waals surface area contributed by atoms with Crippen LogP contribution in [-0.4, -0.2) is 18.5 Å². The third-order valence-corrected chi connectivity index (χ3v) is 4.49. The molecule has 0 saturated heterocycles. The van der Waals surface area contributed by atoms with Crippen LogP contribution in [0.2, 0.25) is 0 Å². The Labute approximate surface area is 123 Å². The highest BCUT2D eigenvalue weighted by Crippen LogP contribution is 2.42. The van der Waals surface area contributed by atoms with Crippen LogP contribution in [0, 0.1) is 0 Å². The Kier molecular flexibility index (Phi) is 4.63. The van der Waals surface area contributed by atoms with Gasteiger partial charge in [-0.15, -0.1) is 0 Å². The van der Waals surface area contributed by atoms with Crippen molar-refractivity contribution in [1.82, 2.24) is 5.32 Å². The van der Waals surface area contributed by atoms with E-state index in [2.05, 4.69) is 33.4 Å². The van der Waals surface area contributed by atoms with Crippen molar-refractivity contribution in [2.45, 2.75) is 44.1 Å². The molecule has 0 heterocycles. The van der Waals surface area contributed by atoms with Gasteiger partial charge in [0.05, 0.1) is 5.41 Å². The fourth-order valence-corrected chi connectivity index (χ4v) is 3.23. The van der Waals surface area contributed by atoms with Crippen LogP contribution in [0.15, 0.2) is 28.7 Å². The molecule has 19 heavy (non-hydrogen) atoms. The van der Waals surface area contributed by atoms with Crippen LogP contribution in [0.3, 0.4) is 0 Å². The Morgan fingerprint density at radius 2 is 2.16 bits per heavy atom. The van der Waals surface area contributed by atoms with Crippen LogP contribution in [0.25, 0.3) is 0 Å². The molecule has 1 aliphatic rings. The number of hydrogen-bond acceptors (Lipinski definition) is 2. The summed E-state index contributed by atoms with van der Waals surface area (Å²) in [4.78, 5) is 12.7. The molecule has 0 radical (unpaired) electrons. The Balaban J connectivity index is 2.30. The Morgan fingerprint density at radius 3 is 2.74 bits per heavy atom. The van der Waals surface area contributed by atoms with Crippen molar-refractivity contribution >= 4 is 21.8 Å². The van der Waals surface area contributed by atoms with E-state index in [0.717, 1.165) is 35.7 Å². The second-order valence-electron chi connectivity index (χ2n) is 5.41. The highest BCUT2D eigenvalue weighted by atomic mass is 79.9. The van der Waals surface area contributed by atoms with Crippen molar-refractivity contribution in [1.29, 1.82) is 0 Å². The number of nitrogens with one attached hydrogen (secondary N) is 1. The van der Waals surface area contributed by atoms with Crippen LogP contribution in [0.1, 0.15) is 38.2 Å². The van der Waals surface area contributed by atoms with Crippen molar-refractivity contribution in [3.8, 4) is 0 Å². The smallest absolute Gasteiger partial charge is 0.230 e. The van der Waals surface area contributed by atoms with E-state index in [9.17, 15) is 4.79 Å². The van der Waals surface area contributed by atoms with Crippen molar-refractivity contribution in [3.63, 3.8) is 0 Å². The molecule has 1 amide bonds. The zero-order valence-electron chi connectivity index (χ0n) is 11.3. The first-order valence-corrected chi connectivity index (χ1v) is 7.65. The van der Waals surface area contributed by atoms with Crippen LogP contribution >= 0.6 is 15.9 Å². The number of benzene rings is 1. The van der Waals surface area contributed by atoms with Gasteiger partial charge in [0.25, 0.3) is 0 Å². The predicted molar refractivity (Wildman–Crippen MR) is 80.9 cm³/mol. The summed E-state index contributed by atoms with van der Waals surface area (Å²) < 4.78 is 1.02. The number of carbonyl (C=O) groups is 1. The average Bonchev–Trinajstić information content (AvgIpc) is 2.89. The summed E-state index contributed by atoms with van der Waals surface area (Å²) in [5.41, 5.74) is 6.35. The van der Waals surface area contributed by atoms with Gasteiger partial charge in [0.2, 0.25) is 5.91 Å². The third-order valence-electron chi connectivity index (χ3n) is 4.00. The number of amides is 1. The minimum Gasteiger partial charge on any atom is -0.352 e. The van der Waals surface area contributed by atoms with Crippen LogP contribution in [0.4, 0.5) is 0 Å². The van der Waals surface area contributed by atoms with Crippen LogP contribution in [0.5, 0.6) is 0 Å². The summed E-state index contributed by atoms with van der Waals surface area (Å²) in [6.45, 7) is 2.42. The number of rotatable bonds is 4. The van der Waals surface area contributed by atoms with E-state index in [0.29, 0.717) is 6.54 Å². The van der Waals surface area contributed by atoms with E-state index >= 15 is 0 Å². The summed E-state index contributed by atoms with van der Waals surface area (Å²) >= 11 is 3.50. The first-order valence-electron chi connectivity index (χ1n) is 6.85. The maximum Gasteiger partial charge on any atom is 0.230 e. The van der Waals surface area contributed by atoms with Crippen molar-refractivity contribution < 1.29 is 4.79 Å². The average molecular weight is 325 g/mol. The molecular formula is C15H21BrN2O. The zero-order valence-corrected chi connectivity index (χ0v) is 12.9. The lowest BCUT2D eigenvalue weighted by atomic mass is 9.78. The van der Waals surface area contributed by atoms with Crippen LogP contribution in [-0.2, 0) is 10.2 Å². The molecule has 0 spiro atoms. The largest absolute Gasteiger partial charge is 0.352 e. The topological polar surface area (TPSA) is 55.1 Å². The van der Waals surface area contributed by atoms with Crippen molar-refractivity contribution in [3.05, 3.63) is 34.3 Å². The number of nitrogens with two attached hydrogens (primary N) is 1. The quantitative estimate of drug-likeness (QED) is 0.894. The highest BCUT2D eigenvalue weighted by Gasteiger charge is 2.42. The standard InChI is InChI=1S/C15H21BrN2O/c1-11(10-17)18-14(19)15(7-2-3-8-15)12-5-4-6-13(16)9-12/h4-6,9,11H,2-3,7-8,10,17H2,1H3,(H,18,19)/t11-/m0/s1. The molecule has 0 bridgehead atoms. The van der Waals surface area contributed by atoms with E-state index in [1.165, 1.54) is 0 Å². The van der Waals surface area contributed by atoms with Gasteiger partial charge in [0, 0.05) is 17.1 Å². The lowest BCUT2D eigenvalue weighted by Crippen LogP contribution is -2.48. The molecule has 1 fully saturated rings. The monoisotopic (exact) mass is 324 g/mol. The molecule has 0 aromatic heterocycles. The van der Waals surface area contributed by atoms with Gasteiger partial charge in [-0.25, -0.2) is 0 Å². The molecule has 2 rings (SSSR count). The van der Waals surface area contributed by atoms with Gasteiger partial charge in [-0.05, 0) is 37.5 Å². The first-order chi connectivity index (χ1) is 9.08. The molecule has 1 aliphatic carbocycles. The lowest BCUT2D eigenvalue weighted by Gasteiger charge is -2.30. The third kappa shape index (κ3) is 3.00. The van der Waals surface area contributed by atoms with Gasteiger partial charge >= 0.3 is 0 Å². The maximum atomic E-state index is 12.7. The van der Waals surface area contributed by atoms with Gasteiger partial charge < -0.3 is 11.1 Å². The summed E-state index contributed by atoms with van der Waals surface area (Å²) in [5, 5.41) is 3.05. The molecule has 4 heteroatoms. The molecule has 1 aromatic rings. The van der Waals surface area contributed by atoms with Gasteiger partial charge in [-0.2, -0.15) is 0 Å². The van der Waals surface area contributed by atoms with E-state index < -0.39 is 0 Å². The van der Waals surface area contributed by atoms with Crippen molar-refractivity contribution in [2.75, 3.05) is 6.54 Å². The van der Waals surface area contributed by atoms with E-state index in [1.54, 1.807) is 0 Å². The van der Waals surface area contributed by atoms with E-state index in [1.807, 2.05) is 19.1 Å². The molecule has 3 nitrogen and oxygen atoms in total. The fourth-order valence-electron chi connectivity index (χ4n) is 2.83. The zero-order chi connectivity index (χ0) is 13.9. The second kappa shape index (κ2) is 6.06. The second-order valence-corrected chi connectivity index (χ2v) is 6.33. The predicted octanol–water partition coefficient (Wildman–Crippen LogP) is 2.72. The molecule has 0 aliphatic heterocycles.